The van der Waals surface area contributed by atoms with Gasteiger partial charge in [0.2, 0.25) is 5.91 Å². The highest BCUT2D eigenvalue weighted by Crippen LogP contribution is 2.35. The third kappa shape index (κ3) is 3.91. The fourth-order valence-corrected chi connectivity index (χ4v) is 3.03. The van der Waals surface area contributed by atoms with E-state index in [1.807, 2.05) is 24.3 Å². The summed E-state index contributed by atoms with van der Waals surface area (Å²) in [7, 11) is 0. The number of para-hydroxylation sites is 1. The smallest absolute Gasteiger partial charge is 0.330 e. The van der Waals surface area contributed by atoms with E-state index in [-0.39, 0.29) is 24.0 Å². The molecule has 1 amide bonds. The minimum Gasteiger partial charge on any atom is -0.508 e. The number of hydrogen-bond acceptors (Lipinski definition) is 4. The summed E-state index contributed by atoms with van der Waals surface area (Å²) in [4.78, 5) is 23.9. The van der Waals surface area contributed by atoms with E-state index < -0.39 is 12.0 Å². The Morgan fingerprint density at radius 2 is 1.88 bits per heavy atom. The predicted molar refractivity (Wildman–Crippen MR) is 90.5 cm³/mol. The quantitative estimate of drug-likeness (QED) is 0.777. The number of ether oxygens (including phenoxy) is 1. The molecule has 0 radical (unpaired) electrons. The first-order valence-corrected chi connectivity index (χ1v) is 8.07. The van der Waals surface area contributed by atoms with Crippen LogP contribution in [0, 0.1) is 0 Å². The maximum absolute atomic E-state index is 12.4. The fraction of sp³-hybridized carbons (Fsp3) is 0.263. The standard InChI is InChI=1S/C19H19NO5/c21-14-7-5-12(6-8-14)18(19(23)24)20-17(22)11-13-9-10-25-16-4-2-1-3-15(13)16/h1-8,13,18,21H,9-11H2,(H,20,22)(H,23,24)/t13?,18-/m1/s1. The predicted octanol–water partition coefficient (Wildman–Crippen LogP) is 2.59. The van der Waals surface area contributed by atoms with Gasteiger partial charge in [-0.05, 0) is 41.7 Å². The van der Waals surface area contributed by atoms with Crippen molar-refractivity contribution >= 4 is 11.9 Å². The van der Waals surface area contributed by atoms with Crippen molar-refractivity contribution in [3.05, 3.63) is 59.7 Å². The molecular weight excluding hydrogens is 322 g/mol. The Bertz CT molecular complexity index is 772. The molecule has 0 fully saturated rings. The zero-order valence-electron chi connectivity index (χ0n) is 13.5. The van der Waals surface area contributed by atoms with E-state index in [1.165, 1.54) is 24.3 Å². The lowest BCUT2D eigenvalue weighted by atomic mass is 9.90. The van der Waals surface area contributed by atoms with Gasteiger partial charge in [-0.15, -0.1) is 0 Å². The van der Waals surface area contributed by atoms with Crippen molar-refractivity contribution in [2.45, 2.75) is 24.8 Å². The van der Waals surface area contributed by atoms with Crippen LogP contribution in [0.15, 0.2) is 48.5 Å². The van der Waals surface area contributed by atoms with Crippen LogP contribution in [0.2, 0.25) is 0 Å². The summed E-state index contributed by atoms with van der Waals surface area (Å²) < 4.78 is 5.59. The van der Waals surface area contributed by atoms with Crippen LogP contribution in [-0.2, 0) is 9.59 Å². The molecule has 1 unspecified atom stereocenters. The van der Waals surface area contributed by atoms with Crippen molar-refractivity contribution < 1.29 is 24.5 Å². The van der Waals surface area contributed by atoms with Crippen LogP contribution in [0.1, 0.15) is 35.9 Å². The highest BCUT2D eigenvalue weighted by molar-refractivity contribution is 5.85. The van der Waals surface area contributed by atoms with Crippen molar-refractivity contribution in [2.24, 2.45) is 0 Å². The molecule has 3 N–H and O–H groups in total. The highest BCUT2D eigenvalue weighted by atomic mass is 16.5. The van der Waals surface area contributed by atoms with E-state index in [4.69, 9.17) is 4.74 Å². The van der Waals surface area contributed by atoms with Gasteiger partial charge >= 0.3 is 5.97 Å². The maximum atomic E-state index is 12.4. The summed E-state index contributed by atoms with van der Waals surface area (Å²) in [6, 6.07) is 12.2. The van der Waals surface area contributed by atoms with Crippen LogP contribution in [0.4, 0.5) is 0 Å². The largest absolute Gasteiger partial charge is 0.508 e. The average Bonchev–Trinajstić information content (AvgIpc) is 2.61. The van der Waals surface area contributed by atoms with Crippen LogP contribution >= 0.6 is 0 Å². The molecule has 0 aromatic heterocycles. The minimum atomic E-state index is -1.15. The number of nitrogens with one attached hydrogen (secondary N) is 1. The normalized spacial score (nSPS) is 17.0. The Morgan fingerprint density at radius 1 is 1.16 bits per heavy atom. The topological polar surface area (TPSA) is 95.9 Å². The first-order valence-electron chi connectivity index (χ1n) is 8.07. The number of aliphatic carboxylic acids is 1. The van der Waals surface area contributed by atoms with E-state index in [0.717, 1.165) is 11.3 Å². The Hall–Kier alpha value is -3.02. The molecule has 0 saturated heterocycles. The summed E-state index contributed by atoms with van der Waals surface area (Å²) in [6.07, 6.45) is 0.906. The summed E-state index contributed by atoms with van der Waals surface area (Å²) in [5.41, 5.74) is 1.38. The third-order valence-electron chi connectivity index (χ3n) is 4.29. The molecule has 2 aromatic rings. The number of hydrogen-bond donors (Lipinski definition) is 3. The van der Waals surface area contributed by atoms with Crippen molar-refractivity contribution in [3.8, 4) is 11.5 Å². The SMILES string of the molecule is O=C(CC1CCOc2ccccc21)N[C@@H](C(=O)O)c1ccc(O)cc1. The van der Waals surface area contributed by atoms with E-state index >= 15 is 0 Å². The molecule has 0 bridgehead atoms. The number of amides is 1. The van der Waals surface area contributed by atoms with Crippen molar-refractivity contribution in [1.29, 1.82) is 0 Å². The van der Waals surface area contributed by atoms with Crippen molar-refractivity contribution in [3.63, 3.8) is 0 Å². The van der Waals surface area contributed by atoms with Gasteiger partial charge in [-0.3, -0.25) is 4.79 Å². The maximum Gasteiger partial charge on any atom is 0.330 e. The number of carboxylic acids is 1. The molecule has 2 atom stereocenters. The van der Waals surface area contributed by atoms with Gasteiger partial charge in [-0.25, -0.2) is 4.79 Å². The Labute approximate surface area is 145 Å². The van der Waals surface area contributed by atoms with Gasteiger partial charge in [0.1, 0.15) is 11.5 Å². The van der Waals surface area contributed by atoms with Crippen LogP contribution in [-0.4, -0.2) is 28.7 Å². The van der Waals surface area contributed by atoms with Gasteiger partial charge in [-0.1, -0.05) is 30.3 Å². The number of carboxylic acid groups (broad SMARTS) is 1. The zero-order valence-corrected chi connectivity index (χ0v) is 13.5. The second kappa shape index (κ2) is 7.25. The lowest BCUT2D eigenvalue weighted by molar-refractivity contribution is -0.142. The minimum absolute atomic E-state index is 0.000729. The Balaban J connectivity index is 1.71. The monoisotopic (exact) mass is 341 g/mol. The molecule has 6 heteroatoms. The number of carbonyl (C=O) groups excluding carboxylic acids is 1. The number of phenolic OH excluding ortho intramolecular Hbond substituents is 1. The zero-order chi connectivity index (χ0) is 17.8. The van der Waals surface area contributed by atoms with Gasteiger partial charge in [0.05, 0.1) is 6.61 Å². The molecule has 1 aliphatic heterocycles. The molecule has 2 aromatic carbocycles. The first-order chi connectivity index (χ1) is 12.0. The first kappa shape index (κ1) is 16.8. The molecule has 0 aliphatic carbocycles. The molecule has 0 spiro atoms. The lowest BCUT2D eigenvalue weighted by Crippen LogP contribution is -2.35. The highest BCUT2D eigenvalue weighted by Gasteiger charge is 2.27. The number of aromatic hydroxyl groups is 1. The van der Waals surface area contributed by atoms with E-state index in [9.17, 15) is 19.8 Å². The molecule has 6 nitrogen and oxygen atoms in total. The van der Waals surface area contributed by atoms with Gasteiger partial charge in [0.25, 0.3) is 0 Å². The molecule has 1 aliphatic rings. The number of fused-ring (bicyclic) bond motifs is 1. The summed E-state index contributed by atoms with van der Waals surface area (Å²) in [5, 5.41) is 21.3. The van der Waals surface area contributed by atoms with Gasteiger partial charge in [-0.2, -0.15) is 0 Å². The second-order valence-corrected chi connectivity index (χ2v) is 6.01. The number of phenols is 1. The molecule has 1 heterocycles. The van der Waals surface area contributed by atoms with Crippen LogP contribution in [0.25, 0.3) is 0 Å². The van der Waals surface area contributed by atoms with E-state index in [2.05, 4.69) is 5.32 Å². The van der Waals surface area contributed by atoms with E-state index in [1.54, 1.807) is 0 Å². The van der Waals surface area contributed by atoms with Crippen molar-refractivity contribution in [2.75, 3.05) is 6.61 Å². The summed E-state index contributed by atoms with van der Waals surface area (Å²) in [6.45, 7) is 0.537. The number of carbonyl (C=O) groups is 2. The average molecular weight is 341 g/mol. The van der Waals surface area contributed by atoms with Crippen LogP contribution in [0.5, 0.6) is 11.5 Å². The molecule has 130 valence electrons. The Kier molecular flexibility index (Phi) is 4.88. The van der Waals surface area contributed by atoms with Gasteiger partial charge < -0.3 is 20.3 Å². The fourth-order valence-electron chi connectivity index (χ4n) is 3.03. The number of benzene rings is 2. The van der Waals surface area contributed by atoms with E-state index in [0.29, 0.717) is 18.6 Å². The van der Waals surface area contributed by atoms with Crippen molar-refractivity contribution in [1.82, 2.24) is 5.32 Å². The molecular formula is C19H19NO5. The number of rotatable bonds is 5. The third-order valence-corrected chi connectivity index (χ3v) is 4.29. The lowest BCUT2D eigenvalue weighted by Gasteiger charge is -2.26. The Morgan fingerprint density at radius 3 is 2.60 bits per heavy atom. The van der Waals surface area contributed by atoms with Crippen LogP contribution < -0.4 is 10.1 Å². The molecule has 0 saturated carbocycles. The molecule has 25 heavy (non-hydrogen) atoms. The van der Waals surface area contributed by atoms with Gasteiger partial charge in [0.15, 0.2) is 6.04 Å². The second-order valence-electron chi connectivity index (χ2n) is 6.01. The van der Waals surface area contributed by atoms with Gasteiger partial charge in [0, 0.05) is 6.42 Å². The summed E-state index contributed by atoms with van der Waals surface area (Å²) >= 11 is 0. The van der Waals surface area contributed by atoms with Crippen LogP contribution in [0.3, 0.4) is 0 Å². The summed E-state index contributed by atoms with van der Waals surface area (Å²) in [5.74, 6) is -0.661. The molecule has 3 rings (SSSR count).